The number of nitrogens with zero attached hydrogens (tertiary/aromatic N) is 1. The van der Waals surface area contributed by atoms with Crippen LogP contribution in [0.1, 0.15) is 27.7 Å². The molecule has 3 heteroatoms. The average Bonchev–Trinajstić information content (AvgIpc) is 2.27. The monoisotopic (exact) mass is 239 g/mol. The van der Waals surface area contributed by atoms with Gasteiger partial charge in [0.1, 0.15) is 5.54 Å². The molecule has 0 saturated carbocycles. The van der Waals surface area contributed by atoms with Crippen LogP contribution < -0.4 is 0 Å². The molecule has 0 aliphatic rings. The number of carbonyl (C=O) groups is 1. The van der Waals surface area contributed by atoms with Gasteiger partial charge in [-0.25, -0.2) is 0 Å². The van der Waals surface area contributed by atoms with Crippen LogP contribution in [0.2, 0.25) is 0 Å². The van der Waals surface area contributed by atoms with E-state index in [0.29, 0.717) is 19.7 Å². The van der Waals surface area contributed by atoms with Gasteiger partial charge in [-0.05, 0) is 19.8 Å². The predicted molar refractivity (Wildman–Crippen MR) is 71.8 cm³/mol. The first-order valence-corrected chi connectivity index (χ1v) is 6.09. The Kier molecular flexibility index (Phi) is 6.81. The lowest BCUT2D eigenvalue weighted by Crippen LogP contribution is -2.56. The second kappa shape index (κ2) is 7.28. The van der Waals surface area contributed by atoms with Gasteiger partial charge in [0, 0.05) is 13.1 Å². The lowest BCUT2D eigenvalue weighted by Gasteiger charge is -2.41. The largest absolute Gasteiger partial charge is 0.465 e. The molecule has 0 N–H and O–H groups in total. The first-order chi connectivity index (χ1) is 7.94. The quantitative estimate of drug-likeness (QED) is 0.482. The summed E-state index contributed by atoms with van der Waals surface area (Å²) < 4.78 is 5.19. The Bertz CT molecular complexity index is 263. The van der Waals surface area contributed by atoms with Crippen LogP contribution in [0.4, 0.5) is 0 Å². The van der Waals surface area contributed by atoms with E-state index in [1.54, 1.807) is 12.2 Å². The summed E-state index contributed by atoms with van der Waals surface area (Å²) in [6.07, 6.45) is 3.59. The highest BCUT2D eigenvalue weighted by atomic mass is 16.5. The van der Waals surface area contributed by atoms with Crippen molar-refractivity contribution in [3.63, 3.8) is 0 Å². The molecule has 0 amide bonds. The van der Waals surface area contributed by atoms with Crippen molar-refractivity contribution in [2.24, 2.45) is 5.92 Å². The molecule has 17 heavy (non-hydrogen) atoms. The Morgan fingerprint density at radius 1 is 1.35 bits per heavy atom. The van der Waals surface area contributed by atoms with E-state index in [1.807, 2.05) is 32.6 Å². The van der Waals surface area contributed by atoms with Crippen molar-refractivity contribution in [2.75, 3.05) is 19.7 Å². The maximum absolute atomic E-state index is 12.2. The third-order valence-electron chi connectivity index (χ3n) is 3.17. The van der Waals surface area contributed by atoms with Gasteiger partial charge < -0.3 is 4.74 Å². The normalized spacial score (nSPS) is 14.5. The van der Waals surface area contributed by atoms with Gasteiger partial charge in [-0.3, -0.25) is 9.69 Å². The molecule has 0 aromatic heterocycles. The van der Waals surface area contributed by atoms with Gasteiger partial charge in [-0.2, -0.15) is 0 Å². The molecule has 0 rings (SSSR count). The highest BCUT2D eigenvalue weighted by Crippen LogP contribution is 2.26. The number of hydrogen-bond donors (Lipinski definition) is 0. The minimum Gasteiger partial charge on any atom is -0.465 e. The van der Waals surface area contributed by atoms with E-state index in [0.717, 1.165) is 0 Å². The number of hydrogen-bond acceptors (Lipinski definition) is 3. The third kappa shape index (κ3) is 3.70. The average molecular weight is 239 g/mol. The topological polar surface area (TPSA) is 29.5 Å². The molecule has 1 unspecified atom stereocenters. The van der Waals surface area contributed by atoms with Crippen molar-refractivity contribution in [3.8, 4) is 0 Å². The Hall–Kier alpha value is -1.09. The highest BCUT2D eigenvalue weighted by Gasteiger charge is 2.42. The van der Waals surface area contributed by atoms with Gasteiger partial charge >= 0.3 is 5.97 Å². The van der Waals surface area contributed by atoms with Crippen LogP contribution in [0.15, 0.2) is 25.3 Å². The first-order valence-electron chi connectivity index (χ1n) is 6.09. The molecule has 0 aromatic rings. The summed E-state index contributed by atoms with van der Waals surface area (Å²) in [4.78, 5) is 14.2. The van der Waals surface area contributed by atoms with Gasteiger partial charge in [0.15, 0.2) is 0 Å². The smallest absolute Gasteiger partial charge is 0.326 e. The summed E-state index contributed by atoms with van der Waals surface area (Å²) in [6.45, 7) is 16.9. The molecule has 0 aliphatic carbocycles. The summed E-state index contributed by atoms with van der Waals surface area (Å²) >= 11 is 0. The molecule has 0 spiro atoms. The van der Waals surface area contributed by atoms with E-state index in [9.17, 15) is 4.79 Å². The van der Waals surface area contributed by atoms with Crippen LogP contribution in [0, 0.1) is 5.92 Å². The summed E-state index contributed by atoms with van der Waals surface area (Å²) in [5.74, 6) is -0.0276. The second-order valence-corrected chi connectivity index (χ2v) is 4.51. The molecule has 98 valence electrons. The minimum absolute atomic E-state index is 0.154. The number of carbonyl (C=O) groups excluding carboxylic acids is 1. The van der Waals surface area contributed by atoms with Gasteiger partial charge in [-0.15, -0.1) is 13.2 Å². The highest BCUT2D eigenvalue weighted by molar-refractivity contribution is 5.80. The van der Waals surface area contributed by atoms with E-state index in [1.165, 1.54) is 0 Å². The standard InChI is InChI=1S/C14H25NO2/c1-7-10-15(11-8-2)14(6,12(4)5)13(16)17-9-3/h7-8,12H,1-2,9-11H2,3-6H3. The van der Waals surface area contributed by atoms with E-state index in [4.69, 9.17) is 4.74 Å². The van der Waals surface area contributed by atoms with Crippen LogP contribution in [0.3, 0.4) is 0 Å². The van der Waals surface area contributed by atoms with Crippen molar-refractivity contribution in [2.45, 2.75) is 33.2 Å². The van der Waals surface area contributed by atoms with Crippen molar-refractivity contribution in [3.05, 3.63) is 25.3 Å². The summed E-state index contributed by atoms with van der Waals surface area (Å²) in [6, 6.07) is 0. The number of ether oxygens (including phenoxy) is 1. The van der Waals surface area contributed by atoms with Crippen LogP contribution in [-0.4, -0.2) is 36.1 Å². The van der Waals surface area contributed by atoms with Crippen LogP contribution in [0.5, 0.6) is 0 Å². The molecule has 0 radical (unpaired) electrons. The third-order valence-corrected chi connectivity index (χ3v) is 3.17. The Morgan fingerprint density at radius 3 is 2.12 bits per heavy atom. The molecule has 1 atom stereocenters. The molecule has 0 aliphatic heterocycles. The van der Waals surface area contributed by atoms with Crippen molar-refractivity contribution < 1.29 is 9.53 Å². The zero-order chi connectivity index (χ0) is 13.5. The Balaban J connectivity index is 5.18. The fraction of sp³-hybridized carbons (Fsp3) is 0.643. The van der Waals surface area contributed by atoms with Gasteiger partial charge in [0.2, 0.25) is 0 Å². The first kappa shape index (κ1) is 15.9. The SMILES string of the molecule is C=CCN(CC=C)C(C)(C(=O)OCC)C(C)C. The summed E-state index contributed by atoms with van der Waals surface area (Å²) in [5, 5.41) is 0. The molecule has 3 nitrogen and oxygen atoms in total. The van der Waals surface area contributed by atoms with Crippen LogP contribution in [-0.2, 0) is 9.53 Å². The predicted octanol–water partition coefficient (Wildman–Crippen LogP) is 2.64. The molecule has 0 saturated heterocycles. The lowest BCUT2D eigenvalue weighted by molar-refractivity contribution is -0.159. The zero-order valence-electron chi connectivity index (χ0n) is 11.5. The molecule has 0 aromatic carbocycles. The van der Waals surface area contributed by atoms with Crippen LogP contribution >= 0.6 is 0 Å². The molecule has 0 heterocycles. The molecular formula is C14H25NO2. The number of esters is 1. The van der Waals surface area contributed by atoms with Gasteiger partial charge in [-0.1, -0.05) is 26.0 Å². The van der Waals surface area contributed by atoms with Gasteiger partial charge in [0.05, 0.1) is 6.61 Å². The molecular weight excluding hydrogens is 214 g/mol. The van der Waals surface area contributed by atoms with Crippen molar-refractivity contribution in [1.29, 1.82) is 0 Å². The fourth-order valence-corrected chi connectivity index (χ4v) is 1.77. The van der Waals surface area contributed by atoms with E-state index < -0.39 is 5.54 Å². The maximum atomic E-state index is 12.2. The lowest BCUT2D eigenvalue weighted by atomic mass is 9.86. The minimum atomic E-state index is -0.640. The summed E-state index contributed by atoms with van der Waals surface area (Å²) in [7, 11) is 0. The van der Waals surface area contributed by atoms with Gasteiger partial charge in [0.25, 0.3) is 0 Å². The van der Waals surface area contributed by atoms with E-state index >= 15 is 0 Å². The molecule has 0 bridgehead atoms. The molecule has 0 fully saturated rings. The fourth-order valence-electron chi connectivity index (χ4n) is 1.77. The number of rotatable bonds is 8. The maximum Gasteiger partial charge on any atom is 0.326 e. The van der Waals surface area contributed by atoms with E-state index in [2.05, 4.69) is 13.2 Å². The summed E-state index contributed by atoms with van der Waals surface area (Å²) in [5.41, 5.74) is -0.640. The Morgan fingerprint density at radius 2 is 1.82 bits per heavy atom. The zero-order valence-corrected chi connectivity index (χ0v) is 11.5. The van der Waals surface area contributed by atoms with Crippen LogP contribution in [0.25, 0.3) is 0 Å². The van der Waals surface area contributed by atoms with Crippen molar-refractivity contribution in [1.82, 2.24) is 4.90 Å². The van der Waals surface area contributed by atoms with E-state index in [-0.39, 0.29) is 11.9 Å². The van der Waals surface area contributed by atoms with Crippen molar-refractivity contribution >= 4 is 5.97 Å². The second-order valence-electron chi connectivity index (χ2n) is 4.51. The Labute approximate surface area is 105 Å².